The first-order valence-electron chi connectivity index (χ1n) is 9.32. The van der Waals surface area contributed by atoms with E-state index in [4.69, 9.17) is 27.9 Å². The third kappa shape index (κ3) is 6.07. The second-order valence-corrected chi connectivity index (χ2v) is 9.60. The highest BCUT2D eigenvalue weighted by atomic mass is 35.5. The molecule has 1 amide bonds. The molecule has 0 fully saturated rings. The summed E-state index contributed by atoms with van der Waals surface area (Å²) in [6, 6.07) is 12.2. The number of ether oxygens (including phenoxy) is 1. The van der Waals surface area contributed by atoms with Crippen LogP contribution in [0, 0.1) is 6.92 Å². The van der Waals surface area contributed by atoms with Crippen LogP contribution in [0.4, 0.5) is 0 Å². The van der Waals surface area contributed by atoms with Crippen LogP contribution in [-0.2, 0) is 27.1 Å². The summed E-state index contributed by atoms with van der Waals surface area (Å²) in [6.45, 7) is 1.86. The summed E-state index contributed by atoms with van der Waals surface area (Å²) in [5.74, 6) is -0.142. The van der Waals surface area contributed by atoms with Crippen molar-refractivity contribution in [3.05, 3.63) is 69.3 Å². The minimum atomic E-state index is -3.33. The van der Waals surface area contributed by atoms with Gasteiger partial charge >= 0.3 is 0 Å². The molecule has 164 valence electrons. The average molecular weight is 482 g/mol. The number of benzene rings is 2. The van der Waals surface area contributed by atoms with Gasteiger partial charge in [-0.25, -0.2) is 18.1 Å². The van der Waals surface area contributed by atoms with Gasteiger partial charge < -0.3 is 10.1 Å². The Bertz CT molecular complexity index is 1220. The van der Waals surface area contributed by atoms with Crippen LogP contribution in [0.15, 0.2) is 42.5 Å². The number of nitrogens with one attached hydrogen (secondary N) is 2. The number of halogens is 2. The molecule has 0 saturated carbocycles. The van der Waals surface area contributed by atoms with Gasteiger partial charge in [-0.3, -0.25) is 4.79 Å². The molecule has 0 bridgehead atoms. The number of amides is 1. The standard InChI is InChI=1S/C21H21Cl2N3O4S/c1-13-3-8-16-17(22)9-18(23)21(20(16)26-13)30-11-19(27)25-10-14-4-6-15(7-5-14)12-31(28,29)24-2/h3-9,24H,10-12H2,1-2H3,(H,25,27). The summed E-state index contributed by atoms with van der Waals surface area (Å²) in [5.41, 5.74) is 2.74. The van der Waals surface area contributed by atoms with E-state index in [1.165, 1.54) is 7.05 Å². The van der Waals surface area contributed by atoms with Gasteiger partial charge in [-0.2, -0.15) is 0 Å². The lowest BCUT2D eigenvalue weighted by molar-refractivity contribution is -0.123. The van der Waals surface area contributed by atoms with Crippen LogP contribution in [-0.4, -0.2) is 33.0 Å². The second-order valence-electron chi connectivity index (χ2n) is 6.86. The summed E-state index contributed by atoms with van der Waals surface area (Å²) < 4.78 is 31.1. The van der Waals surface area contributed by atoms with E-state index in [1.54, 1.807) is 30.3 Å². The number of nitrogens with zero attached hydrogens (tertiary/aromatic N) is 1. The first kappa shape index (κ1) is 23.3. The van der Waals surface area contributed by atoms with Crippen molar-refractivity contribution in [2.45, 2.75) is 19.2 Å². The topological polar surface area (TPSA) is 97.4 Å². The van der Waals surface area contributed by atoms with E-state index in [-0.39, 0.29) is 29.8 Å². The van der Waals surface area contributed by atoms with E-state index in [1.807, 2.05) is 19.1 Å². The molecule has 3 rings (SSSR count). The molecule has 0 unspecified atom stereocenters. The van der Waals surface area contributed by atoms with Crippen molar-refractivity contribution in [1.82, 2.24) is 15.0 Å². The maximum atomic E-state index is 12.3. The molecular formula is C21H21Cl2N3O4S. The first-order valence-corrected chi connectivity index (χ1v) is 11.7. The van der Waals surface area contributed by atoms with Crippen LogP contribution in [0.1, 0.15) is 16.8 Å². The number of fused-ring (bicyclic) bond motifs is 1. The fourth-order valence-corrected chi connectivity index (χ4v) is 4.21. The number of sulfonamides is 1. The van der Waals surface area contributed by atoms with Crippen molar-refractivity contribution in [2.75, 3.05) is 13.7 Å². The number of hydrogen-bond donors (Lipinski definition) is 2. The molecule has 0 saturated heterocycles. The van der Waals surface area contributed by atoms with Crippen molar-refractivity contribution in [3.63, 3.8) is 0 Å². The zero-order valence-electron chi connectivity index (χ0n) is 16.9. The minimum Gasteiger partial charge on any atom is -0.480 e. The van der Waals surface area contributed by atoms with Crippen LogP contribution < -0.4 is 14.8 Å². The lowest BCUT2D eigenvalue weighted by Gasteiger charge is -2.12. The first-order chi connectivity index (χ1) is 14.7. The van der Waals surface area contributed by atoms with Crippen molar-refractivity contribution >= 4 is 50.0 Å². The maximum Gasteiger partial charge on any atom is 0.258 e. The van der Waals surface area contributed by atoms with Gasteiger partial charge in [0.25, 0.3) is 5.91 Å². The van der Waals surface area contributed by atoms with Gasteiger partial charge in [0, 0.05) is 17.6 Å². The van der Waals surface area contributed by atoms with Crippen molar-refractivity contribution in [2.24, 2.45) is 0 Å². The fourth-order valence-electron chi connectivity index (χ4n) is 2.86. The Morgan fingerprint density at radius 1 is 1.06 bits per heavy atom. The Morgan fingerprint density at radius 3 is 2.42 bits per heavy atom. The summed E-state index contributed by atoms with van der Waals surface area (Å²) in [7, 11) is -1.96. The van der Waals surface area contributed by atoms with E-state index < -0.39 is 10.0 Å². The third-order valence-corrected chi connectivity index (χ3v) is 6.43. The average Bonchev–Trinajstić information content (AvgIpc) is 2.72. The van der Waals surface area contributed by atoms with E-state index in [9.17, 15) is 13.2 Å². The molecule has 0 atom stereocenters. The Labute approximate surface area is 190 Å². The van der Waals surface area contributed by atoms with E-state index in [0.717, 1.165) is 11.3 Å². The van der Waals surface area contributed by atoms with E-state index in [2.05, 4.69) is 15.0 Å². The molecule has 2 aromatic carbocycles. The molecule has 0 aliphatic heterocycles. The van der Waals surface area contributed by atoms with E-state index in [0.29, 0.717) is 27.2 Å². The molecule has 0 spiro atoms. The number of aryl methyl sites for hydroxylation is 1. The van der Waals surface area contributed by atoms with Crippen LogP contribution in [0.3, 0.4) is 0 Å². The van der Waals surface area contributed by atoms with Gasteiger partial charge in [0.2, 0.25) is 10.0 Å². The molecule has 10 heteroatoms. The summed E-state index contributed by atoms with van der Waals surface area (Å²) >= 11 is 12.5. The number of carbonyl (C=O) groups excluding carboxylic acids is 1. The molecule has 7 nitrogen and oxygen atoms in total. The molecule has 0 aliphatic carbocycles. The van der Waals surface area contributed by atoms with E-state index >= 15 is 0 Å². The van der Waals surface area contributed by atoms with Crippen LogP contribution >= 0.6 is 23.2 Å². The monoisotopic (exact) mass is 481 g/mol. The largest absolute Gasteiger partial charge is 0.480 e. The van der Waals surface area contributed by atoms with Gasteiger partial charge in [0.15, 0.2) is 12.4 Å². The zero-order valence-corrected chi connectivity index (χ0v) is 19.2. The van der Waals surface area contributed by atoms with Gasteiger partial charge in [0.05, 0.1) is 15.8 Å². The summed E-state index contributed by atoms with van der Waals surface area (Å²) in [5, 5.41) is 4.17. The van der Waals surface area contributed by atoms with Crippen molar-refractivity contribution in [3.8, 4) is 5.75 Å². The fraction of sp³-hybridized carbons (Fsp3) is 0.238. The number of carbonyl (C=O) groups is 1. The predicted molar refractivity (Wildman–Crippen MR) is 122 cm³/mol. The third-order valence-electron chi connectivity index (χ3n) is 4.51. The molecule has 1 aromatic heterocycles. The Balaban J connectivity index is 1.61. The molecule has 31 heavy (non-hydrogen) atoms. The number of rotatable bonds is 8. The summed E-state index contributed by atoms with van der Waals surface area (Å²) in [4.78, 5) is 16.7. The molecular weight excluding hydrogens is 461 g/mol. The van der Waals surface area contributed by atoms with Gasteiger partial charge in [-0.1, -0.05) is 47.5 Å². The molecule has 0 radical (unpaired) electrons. The smallest absolute Gasteiger partial charge is 0.258 e. The van der Waals surface area contributed by atoms with Gasteiger partial charge in [-0.15, -0.1) is 0 Å². The molecule has 3 aromatic rings. The zero-order chi connectivity index (χ0) is 22.6. The maximum absolute atomic E-state index is 12.3. The highest BCUT2D eigenvalue weighted by molar-refractivity contribution is 7.88. The Morgan fingerprint density at radius 2 is 1.74 bits per heavy atom. The summed E-state index contributed by atoms with van der Waals surface area (Å²) in [6.07, 6.45) is 0. The Hall–Kier alpha value is -2.39. The van der Waals surface area contributed by atoms with Gasteiger partial charge in [-0.05, 0) is 43.3 Å². The van der Waals surface area contributed by atoms with Crippen molar-refractivity contribution in [1.29, 1.82) is 0 Å². The number of hydrogen-bond acceptors (Lipinski definition) is 5. The molecule has 2 N–H and O–H groups in total. The SMILES string of the molecule is CNS(=O)(=O)Cc1ccc(CNC(=O)COc2c(Cl)cc(Cl)c3ccc(C)nc23)cc1. The molecule has 1 heterocycles. The highest BCUT2D eigenvalue weighted by Crippen LogP contribution is 2.37. The van der Waals surface area contributed by atoms with Gasteiger partial charge in [0.1, 0.15) is 5.52 Å². The lowest BCUT2D eigenvalue weighted by atomic mass is 10.1. The Kier molecular flexibility index (Phi) is 7.38. The predicted octanol–water partition coefficient (Wildman–Crippen LogP) is 3.59. The van der Waals surface area contributed by atoms with Crippen molar-refractivity contribution < 1.29 is 17.9 Å². The number of pyridine rings is 1. The van der Waals surface area contributed by atoms with Crippen LogP contribution in [0.2, 0.25) is 10.0 Å². The number of aromatic nitrogens is 1. The lowest BCUT2D eigenvalue weighted by Crippen LogP contribution is -2.28. The quantitative estimate of drug-likeness (QED) is 0.512. The van der Waals surface area contributed by atoms with Crippen LogP contribution in [0.25, 0.3) is 10.9 Å². The molecule has 0 aliphatic rings. The minimum absolute atomic E-state index is 0.104. The highest BCUT2D eigenvalue weighted by Gasteiger charge is 2.15. The van der Waals surface area contributed by atoms with Crippen LogP contribution in [0.5, 0.6) is 5.75 Å². The normalized spacial score (nSPS) is 11.5. The second kappa shape index (κ2) is 9.82.